The van der Waals surface area contributed by atoms with Crippen LogP contribution in [0.25, 0.3) is 0 Å². The maximum absolute atomic E-state index is 13.1. The molecule has 0 spiro atoms. The first kappa shape index (κ1) is 25.2. The van der Waals surface area contributed by atoms with E-state index in [1.807, 2.05) is 0 Å². The molecule has 0 aliphatic carbocycles. The average molecular weight is 510 g/mol. The highest BCUT2D eigenvalue weighted by molar-refractivity contribution is 7.89. The lowest BCUT2D eigenvalue weighted by Crippen LogP contribution is -2.28. The van der Waals surface area contributed by atoms with Gasteiger partial charge in [-0.05, 0) is 79.6 Å². The molecule has 1 heterocycles. The normalized spacial score (nSPS) is 13.7. The van der Waals surface area contributed by atoms with E-state index in [1.54, 1.807) is 55.6 Å². The van der Waals surface area contributed by atoms with Gasteiger partial charge in [-0.15, -0.1) is 0 Å². The van der Waals surface area contributed by atoms with Crippen LogP contribution in [0.1, 0.15) is 33.6 Å². The lowest BCUT2D eigenvalue weighted by molar-refractivity contribution is 0.101. The summed E-state index contributed by atoms with van der Waals surface area (Å²) in [5.41, 5.74) is 1.67. The van der Waals surface area contributed by atoms with Gasteiger partial charge in [0.15, 0.2) is 0 Å². The van der Waals surface area contributed by atoms with E-state index in [0.717, 1.165) is 12.8 Å². The smallest absolute Gasteiger partial charge is 0.255 e. The van der Waals surface area contributed by atoms with E-state index in [0.29, 0.717) is 35.8 Å². The summed E-state index contributed by atoms with van der Waals surface area (Å²) in [7, 11) is -0.818. The summed E-state index contributed by atoms with van der Waals surface area (Å²) in [6.07, 6.45) is 1.60. The monoisotopic (exact) mass is 509 g/mol. The zero-order chi connectivity index (χ0) is 25.7. The standard InChI is InChI=1S/C26H27N3O6S/c1-34-22-12-10-21(11-13-22)27-25(30)18-5-8-20(9-6-18)28-26(31)19-7-14-23(35-2)24(17-19)36(32,33)29-15-3-4-16-29/h5-14,17H,3-4,15-16H2,1-2H3,(H,27,30)(H,28,31). The highest BCUT2D eigenvalue weighted by Gasteiger charge is 2.30. The number of sulfonamides is 1. The van der Waals surface area contributed by atoms with Crippen molar-refractivity contribution >= 4 is 33.2 Å². The summed E-state index contributed by atoms with van der Waals surface area (Å²) in [6.45, 7) is 0.889. The number of hydrogen-bond donors (Lipinski definition) is 2. The molecule has 2 N–H and O–H groups in total. The molecule has 0 atom stereocenters. The maximum Gasteiger partial charge on any atom is 0.255 e. The lowest BCUT2D eigenvalue weighted by atomic mass is 10.1. The molecule has 0 unspecified atom stereocenters. The van der Waals surface area contributed by atoms with Crippen LogP contribution < -0.4 is 20.1 Å². The molecule has 188 valence electrons. The number of methoxy groups -OCH3 is 2. The number of rotatable bonds is 8. The van der Waals surface area contributed by atoms with Crippen LogP contribution in [0.2, 0.25) is 0 Å². The number of carbonyl (C=O) groups is 2. The second-order valence-electron chi connectivity index (χ2n) is 8.19. The molecular formula is C26H27N3O6S. The Bertz CT molecular complexity index is 1350. The Balaban J connectivity index is 1.46. The molecule has 1 fully saturated rings. The van der Waals surface area contributed by atoms with Gasteiger partial charge in [0.2, 0.25) is 10.0 Å². The third-order valence-corrected chi connectivity index (χ3v) is 7.78. The molecule has 0 aromatic heterocycles. The highest BCUT2D eigenvalue weighted by Crippen LogP contribution is 2.30. The van der Waals surface area contributed by atoms with Crippen molar-refractivity contribution in [2.75, 3.05) is 37.9 Å². The van der Waals surface area contributed by atoms with Gasteiger partial charge in [0.1, 0.15) is 16.4 Å². The summed E-state index contributed by atoms with van der Waals surface area (Å²) in [4.78, 5) is 25.4. The zero-order valence-corrected chi connectivity index (χ0v) is 20.8. The minimum absolute atomic E-state index is 0.0369. The van der Waals surface area contributed by atoms with E-state index in [9.17, 15) is 18.0 Å². The van der Waals surface area contributed by atoms with Gasteiger partial charge in [-0.2, -0.15) is 4.31 Å². The van der Waals surface area contributed by atoms with E-state index >= 15 is 0 Å². The van der Waals surface area contributed by atoms with Crippen LogP contribution in [-0.4, -0.2) is 51.8 Å². The van der Waals surface area contributed by atoms with E-state index in [-0.39, 0.29) is 22.1 Å². The molecule has 4 rings (SSSR count). The Morgan fingerprint density at radius 3 is 1.83 bits per heavy atom. The van der Waals surface area contributed by atoms with Crippen molar-refractivity contribution in [3.05, 3.63) is 77.9 Å². The quantitative estimate of drug-likeness (QED) is 0.475. The van der Waals surface area contributed by atoms with Gasteiger partial charge in [0.05, 0.1) is 14.2 Å². The lowest BCUT2D eigenvalue weighted by Gasteiger charge is -2.18. The summed E-state index contributed by atoms with van der Waals surface area (Å²) in [5.74, 6) is 0.0901. The fourth-order valence-corrected chi connectivity index (χ4v) is 5.57. The summed E-state index contributed by atoms with van der Waals surface area (Å²) in [5, 5.41) is 5.53. The fourth-order valence-electron chi connectivity index (χ4n) is 3.87. The van der Waals surface area contributed by atoms with Crippen molar-refractivity contribution in [1.29, 1.82) is 0 Å². The van der Waals surface area contributed by atoms with Crippen LogP contribution in [0.3, 0.4) is 0 Å². The largest absolute Gasteiger partial charge is 0.497 e. The Labute approximate surface area is 210 Å². The Morgan fingerprint density at radius 1 is 0.750 bits per heavy atom. The first-order chi connectivity index (χ1) is 17.3. The number of nitrogens with one attached hydrogen (secondary N) is 2. The van der Waals surface area contributed by atoms with Crippen molar-refractivity contribution in [3.63, 3.8) is 0 Å². The van der Waals surface area contributed by atoms with Crippen LogP contribution in [0.15, 0.2) is 71.6 Å². The first-order valence-electron chi connectivity index (χ1n) is 11.4. The maximum atomic E-state index is 13.1. The second kappa shape index (κ2) is 10.8. The molecule has 3 aromatic rings. The van der Waals surface area contributed by atoms with E-state index < -0.39 is 15.9 Å². The Hall–Kier alpha value is -3.89. The zero-order valence-electron chi connectivity index (χ0n) is 20.0. The van der Waals surface area contributed by atoms with Gasteiger partial charge >= 0.3 is 0 Å². The Morgan fingerprint density at radius 2 is 1.28 bits per heavy atom. The van der Waals surface area contributed by atoms with Gasteiger partial charge in [0.25, 0.3) is 11.8 Å². The van der Waals surface area contributed by atoms with E-state index in [1.165, 1.54) is 29.6 Å². The fraction of sp³-hybridized carbons (Fsp3) is 0.231. The second-order valence-corrected chi connectivity index (χ2v) is 10.1. The van der Waals surface area contributed by atoms with Gasteiger partial charge in [-0.1, -0.05) is 0 Å². The van der Waals surface area contributed by atoms with E-state index in [2.05, 4.69) is 10.6 Å². The summed E-state index contributed by atoms with van der Waals surface area (Å²) < 4.78 is 37.9. The SMILES string of the molecule is COc1ccc(NC(=O)c2ccc(NC(=O)c3ccc(OC)c(S(=O)(=O)N4CCCC4)c3)cc2)cc1. The van der Waals surface area contributed by atoms with E-state index in [4.69, 9.17) is 9.47 Å². The minimum atomic E-state index is -3.78. The molecule has 1 aliphatic heterocycles. The molecule has 0 radical (unpaired) electrons. The van der Waals surface area contributed by atoms with Crippen LogP contribution in [0.5, 0.6) is 11.5 Å². The van der Waals surface area contributed by atoms with Crippen molar-refractivity contribution in [2.24, 2.45) is 0 Å². The molecule has 36 heavy (non-hydrogen) atoms. The first-order valence-corrected chi connectivity index (χ1v) is 12.8. The van der Waals surface area contributed by atoms with Gasteiger partial charge in [-0.3, -0.25) is 9.59 Å². The van der Waals surface area contributed by atoms with Crippen LogP contribution in [0.4, 0.5) is 11.4 Å². The number of ether oxygens (including phenoxy) is 2. The molecule has 0 bridgehead atoms. The number of amides is 2. The predicted molar refractivity (Wildman–Crippen MR) is 136 cm³/mol. The molecule has 0 saturated carbocycles. The van der Waals surface area contributed by atoms with Crippen molar-refractivity contribution < 1.29 is 27.5 Å². The highest BCUT2D eigenvalue weighted by atomic mass is 32.2. The third kappa shape index (κ3) is 5.50. The third-order valence-electron chi connectivity index (χ3n) is 5.86. The predicted octanol–water partition coefficient (Wildman–Crippen LogP) is 3.99. The molecule has 10 heteroatoms. The number of anilines is 2. The molecule has 1 aliphatic rings. The van der Waals surface area contributed by atoms with Crippen LogP contribution in [0, 0.1) is 0 Å². The Kier molecular flexibility index (Phi) is 7.56. The number of carbonyl (C=O) groups excluding carboxylic acids is 2. The average Bonchev–Trinajstić information content (AvgIpc) is 3.45. The molecule has 3 aromatic carbocycles. The van der Waals surface area contributed by atoms with Gasteiger partial charge < -0.3 is 20.1 Å². The van der Waals surface area contributed by atoms with Crippen molar-refractivity contribution in [1.82, 2.24) is 4.31 Å². The van der Waals surface area contributed by atoms with Crippen molar-refractivity contribution in [2.45, 2.75) is 17.7 Å². The van der Waals surface area contributed by atoms with Gasteiger partial charge in [-0.25, -0.2) is 8.42 Å². The number of nitrogens with zero attached hydrogens (tertiary/aromatic N) is 1. The minimum Gasteiger partial charge on any atom is -0.497 e. The number of benzene rings is 3. The molecule has 2 amide bonds. The molecule has 1 saturated heterocycles. The molecule has 9 nitrogen and oxygen atoms in total. The van der Waals surface area contributed by atoms with Crippen LogP contribution >= 0.6 is 0 Å². The van der Waals surface area contributed by atoms with Crippen LogP contribution in [-0.2, 0) is 10.0 Å². The topological polar surface area (TPSA) is 114 Å². The molecular weight excluding hydrogens is 482 g/mol. The van der Waals surface area contributed by atoms with Crippen molar-refractivity contribution in [3.8, 4) is 11.5 Å². The summed E-state index contributed by atoms with van der Waals surface area (Å²) >= 11 is 0. The number of hydrogen-bond acceptors (Lipinski definition) is 6. The van der Waals surface area contributed by atoms with Gasteiger partial charge in [0, 0.05) is 35.6 Å². The summed E-state index contributed by atoms with van der Waals surface area (Å²) in [6, 6.07) is 17.7.